The molecule has 1 aromatic heterocycles. The van der Waals surface area contributed by atoms with Gasteiger partial charge in [0.05, 0.1) is 17.9 Å². The lowest BCUT2D eigenvalue weighted by Gasteiger charge is -2.15. The Bertz CT molecular complexity index is 583. The second-order valence-corrected chi connectivity index (χ2v) is 5.11. The number of carbonyl (C=O) groups excluding carboxylic acids is 1. The standard InChI is InChI=1S/C14H14BrN3O/c1-9-7-17-13(8-16-9)14(19)18-10(2)11-5-3-4-6-12(11)15/h3-8,10H,1-2H3,(H,18,19). The highest BCUT2D eigenvalue weighted by molar-refractivity contribution is 9.10. The van der Waals surface area contributed by atoms with Gasteiger partial charge < -0.3 is 5.32 Å². The third-order valence-electron chi connectivity index (χ3n) is 2.73. The van der Waals surface area contributed by atoms with Gasteiger partial charge in [-0.15, -0.1) is 0 Å². The Morgan fingerprint density at radius 1 is 1.26 bits per heavy atom. The van der Waals surface area contributed by atoms with E-state index in [2.05, 4.69) is 31.2 Å². The van der Waals surface area contributed by atoms with Crippen molar-refractivity contribution < 1.29 is 4.79 Å². The first-order valence-electron chi connectivity index (χ1n) is 5.92. The molecule has 2 rings (SSSR count). The average molecular weight is 320 g/mol. The number of rotatable bonds is 3. The van der Waals surface area contributed by atoms with Crippen LogP contribution >= 0.6 is 15.9 Å². The molecule has 4 nitrogen and oxygen atoms in total. The Morgan fingerprint density at radius 3 is 2.63 bits per heavy atom. The zero-order chi connectivity index (χ0) is 13.8. The third kappa shape index (κ3) is 3.38. The fraction of sp³-hybridized carbons (Fsp3) is 0.214. The van der Waals surface area contributed by atoms with Gasteiger partial charge in [-0.2, -0.15) is 0 Å². The van der Waals surface area contributed by atoms with Crippen molar-refractivity contribution in [2.75, 3.05) is 0 Å². The summed E-state index contributed by atoms with van der Waals surface area (Å²) in [6.07, 6.45) is 3.06. The van der Waals surface area contributed by atoms with Crippen molar-refractivity contribution in [3.63, 3.8) is 0 Å². The molecule has 1 N–H and O–H groups in total. The van der Waals surface area contributed by atoms with Crippen LogP contribution in [0.25, 0.3) is 0 Å². The van der Waals surface area contributed by atoms with E-state index in [1.165, 1.54) is 6.20 Å². The van der Waals surface area contributed by atoms with Gasteiger partial charge in [0.15, 0.2) is 0 Å². The van der Waals surface area contributed by atoms with E-state index >= 15 is 0 Å². The van der Waals surface area contributed by atoms with Crippen LogP contribution in [0.1, 0.15) is 34.7 Å². The Balaban J connectivity index is 2.11. The minimum Gasteiger partial charge on any atom is -0.344 e. The van der Waals surface area contributed by atoms with Gasteiger partial charge in [-0.1, -0.05) is 34.1 Å². The Labute approximate surface area is 120 Å². The molecule has 1 heterocycles. The quantitative estimate of drug-likeness (QED) is 0.946. The van der Waals surface area contributed by atoms with E-state index in [1.807, 2.05) is 38.1 Å². The van der Waals surface area contributed by atoms with Crippen molar-refractivity contribution in [3.8, 4) is 0 Å². The van der Waals surface area contributed by atoms with Crippen molar-refractivity contribution in [3.05, 3.63) is 58.1 Å². The van der Waals surface area contributed by atoms with Crippen LogP contribution in [0.3, 0.4) is 0 Å². The minimum absolute atomic E-state index is 0.105. The van der Waals surface area contributed by atoms with Crippen molar-refractivity contribution in [2.45, 2.75) is 19.9 Å². The first-order chi connectivity index (χ1) is 9.08. The Morgan fingerprint density at radius 2 is 2.00 bits per heavy atom. The smallest absolute Gasteiger partial charge is 0.271 e. The van der Waals surface area contributed by atoms with Gasteiger partial charge in [0.2, 0.25) is 0 Å². The molecular weight excluding hydrogens is 306 g/mol. The largest absolute Gasteiger partial charge is 0.344 e. The fourth-order valence-corrected chi connectivity index (χ4v) is 2.31. The molecule has 1 unspecified atom stereocenters. The monoisotopic (exact) mass is 319 g/mol. The Hall–Kier alpha value is -1.75. The first kappa shape index (κ1) is 13.7. The Kier molecular flexibility index (Phi) is 4.27. The van der Waals surface area contributed by atoms with E-state index in [4.69, 9.17) is 0 Å². The maximum absolute atomic E-state index is 12.0. The molecule has 98 valence electrons. The maximum atomic E-state index is 12.0. The summed E-state index contributed by atoms with van der Waals surface area (Å²) in [5.41, 5.74) is 2.14. The predicted octanol–water partition coefficient (Wildman–Crippen LogP) is 3.04. The minimum atomic E-state index is -0.226. The van der Waals surface area contributed by atoms with Crippen molar-refractivity contribution in [1.82, 2.24) is 15.3 Å². The van der Waals surface area contributed by atoms with E-state index in [0.717, 1.165) is 15.7 Å². The van der Waals surface area contributed by atoms with Gasteiger partial charge in [0.25, 0.3) is 5.91 Å². The van der Waals surface area contributed by atoms with E-state index < -0.39 is 0 Å². The third-order valence-corrected chi connectivity index (χ3v) is 3.46. The van der Waals surface area contributed by atoms with Crippen LogP contribution in [0.15, 0.2) is 41.1 Å². The molecule has 19 heavy (non-hydrogen) atoms. The van der Waals surface area contributed by atoms with Gasteiger partial charge in [-0.05, 0) is 25.5 Å². The predicted molar refractivity (Wildman–Crippen MR) is 76.8 cm³/mol. The SMILES string of the molecule is Cc1cnc(C(=O)NC(C)c2ccccc2Br)cn1. The molecule has 0 aliphatic heterocycles. The summed E-state index contributed by atoms with van der Waals surface area (Å²) >= 11 is 3.47. The number of nitrogens with one attached hydrogen (secondary N) is 1. The van der Waals surface area contributed by atoms with Crippen LogP contribution in [0.4, 0.5) is 0 Å². The molecule has 0 fully saturated rings. The summed E-state index contributed by atoms with van der Waals surface area (Å²) in [6, 6.07) is 7.69. The molecular formula is C14H14BrN3O. The number of aromatic nitrogens is 2. The lowest BCUT2D eigenvalue weighted by Crippen LogP contribution is -2.27. The topological polar surface area (TPSA) is 54.9 Å². The van der Waals surface area contributed by atoms with Crippen LogP contribution in [0.2, 0.25) is 0 Å². The molecule has 0 saturated heterocycles. The highest BCUT2D eigenvalue weighted by Gasteiger charge is 2.14. The summed E-state index contributed by atoms with van der Waals surface area (Å²) in [5, 5.41) is 2.90. The number of aryl methyl sites for hydroxylation is 1. The van der Waals surface area contributed by atoms with Crippen molar-refractivity contribution >= 4 is 21.8 Å². The molecule has 0 bridgehead atoms. The van der Waals surface area contributed by atoms with Gasteiger partial charge in [-0.25, -0.2) is 4.98 Å². The summed E-state index contributed by atoms with van der Waals surface area (Å²) in [6.45, 7) is 3.76. The highest BCUT2D eigenvalue weighted by atomic mass is 79.9. The summed E-state index contributed by atoms with van der Waals surface area (Å²) < 4.78 is 0.970. The zero-order valence-electron chi connectivity index (χ0n) is 10.7. The number of carbonyl (C=O) groups is 1. The molecule has 1 aromatic carbocycles. The summed E-state index contributed by atoms with van der Waals surface area (Å²) in [7, 11) is 0. The van der Waals surface area contributed by atoms with E-state index in [-0.39, 0.29) is 11.9 Å². The number of amides is 1. The molecule has 0 radical (unpaired) electrons. The molecule has 1 atom stereocenters. The zero-order valence-corrected chi connectivity index (χ0v) is 12.3. The first-order valence-corrected chi connectivity index (χ1v) is 6.71. The molecule has 0 aliphatic carbocycles. The van der Waals surface area contributed by atoms with Crippen molar-refractivity contribution in [2.24, 2.45) is 0 Å². The number of benzene rings is 1. The number of halogens is 1. The molecule has 0 saturated carbocycles. The normalized spacial score (nSPS) is 11.9. The van der Waals surface area contributed by atoms with Crippen LogP contribution in [-0.2, 0) is 0 Å². The van der Waals surface area contributed by atoms with Crippen molar-refractivity contribution in [1.29, 1.82) is 0 Å². The number of hydrogen-bond donors (Lipinski definition) is 1. The van der Waals surface area contributed by atoms with Crippen LogP contribution < -0.4 is 5.32 Å². The van der Waals surface area contributed by atoms with Crippen LogP contribution in [0, 0.1) is 6.92 Å². The molecule has 5 heteroatoms. The summed E-state index contributed by atoms with van der Waals surface area (Å²) in [5.74, 6) is -0.226. The van der Waals surface area contributed by atoms with Gasteiger partial charge in [-0.3, -0.25) is 9.78 Å². The lowest BCUT2D eigenvalue weighted by atomic mass is 10.1. The second kappa shape index (κ2) is 5.93. The average Bonchev–Trinajstić information content (AvgIpc) is 2.39. The molecule has 2 aromatic rings. The number of hydrogen-bond acceptors (Lipinski definition) is 3. The van der Waals surface area contributed by atoms with Gasteiger partial charge in [0, 0.05) is 10.7 Å². The van der Waals surface area contributed by atoms with Gasteiger partial charge in [0.1, 0.15) is 5.69 Å². The van der Waals surface area contributed by atoms with E-state index in [0.29, 0.717) is 5.69 Å². The molecule has 0 aliphatic rings. The van der Waals surface area contributed by atoms with E-state index in [1.54, 1.807) is 6.20 Å². The second-order valence-electron chi connectivity index (χ2n) is 4.26. The number of nitrogens with zero attached hydrogens (tertiary/aromatic N) is 2. The lowest BCUT2D eigenvalue weighted by molar-refractivity contribution is 0.0934. The van der Waals surface area contributed by atoms with E-state index in [9.17, 15) is 4.79 Å². The summed E-state index contributed by atoms with van der Waals surface area (Å²) in [4.78, 5) is 20.1. The molecule has 1 amide bonds. The van der Waals surface area contributed by atoms with Crippen LogP contribution in [-0.4, -0.2) is 15.9 Å². The molecule has 0 spiro atoms. The fourth-order valence-electron chi connectivity index (χ4n) is 1.68. The maximum Gasteiger partial charge on any atom is 0.271 e. The van der Waals surface area contributed by atoms with Gasteiger partial charge >= 0.3 is 0 Å². The van der Waals surface area contributed by atoms with Crippen LogP contribution in [0.5, 0.6) is 0 Å². The highest BCUT2D eigenvalue weighted by Crippen LogP contribution is 2.22.